The molecule has 1 aliphatic heterocycles. The molecule has 0 spiro atoms. The van der Waals surface area contributed by atoms with E-state index in [9.17, 15) is 0 Å². The second kappa shape index (κ2) is 6.68. The van der Waals surface area contributed by atoms with E-state index in [0.29, 0.717) is 0 Å². The summed E-state index contributed by atoms with van der Waals surface area (Å²) in [6.07, 6.45) is 3.42. The fraction of sp³-hybridized carbons (Fsp3) is 0.550. The Balaban J connectivity index is 1.58. The van der Waals surface area contributed by atoms with Crippen molar-refractivity contribution in [2.24, 2.45) is 7.05 Å². The molecule has 0 aliphatic carbocycles. The maximum absolute atomic E-state index is 4.93. The van der Waals surface area contributed by atoms with E-state index in [1.165, 1.54) is 0 Å². The third-order valence-corrected chi connectivity index (χ3v) is 5.39. The molecule has 148 valence electrons. The van der Waals surface area contributed by atoms with Crippen LogP contribution in [0.4, 0.5) is 11.6 Å². The van der Waals surface area contributed by atoms with Gasteiger partial charge in [0.1, 0.15) is 18.0 Å². The first kappa shape index (κ1) is 18.6. The standard InChI is InChI=1S/C20H28N8/c1-13-14(2)24-19(20(3,4)5)25-16(13)27-7-9-28(10-8-27)18-15-17(21-11-22-18)26(6)12-23-15/h11-12H,7-10H2,1-6H3. The Kier molecular flexibility index (Phi) is 4.44. The molecule has 0 N–H and O–H groups in total. The lowest BCUT2D eigenvalue weighted by Gasteiger charge is -2.37. The van der Waals surface area contributed by atoms with Crippen molar-refractivity contribution in [3.8, 4) is 0 Å². The lowest BCUT2D eigenvalue weighted by Crippen LogP contribution is -2.47. The van der Waals surface area contributed by atoms with Crippen LogP contribution in [0.1, 0.15) is 37.9 Å². The molecule has 0 amide bonds. The highest BCUT2D eigenvalue weighted by atomic mass is 15.3. The number of aromatic nitrogens is 6. The van der Waals surface area contributed by atoms with Gasteiger partial charge in [-0.1, -0.05) is 20.8 Å². The fourth-order valence-electron chi connectivity index (χ4n) is 3.55. The lowest BCUT2D eigenvalue weighted by atomic mass is 9.95. The fourth-order valence-corrected chi connectivity index (χ4v) is 3.55. The van der Waals surface area contributed by atoms with Gasteiger partial charge in [-0.15, -0.1) is 0 Å². The maximum Gasteiger partial charge on any atom is 0.165 e. The third-order valence-electron chi connectivity index (χ3n) is 5.39. The van der Waals surface area contributed by atoms with Crippen LogP contribution in [0.3, 0.4) is 0 Å². The molecule has 28 heavy (non-hydrogen) atoms. The molecule has 4 heterocycles. The summed E-state index contributed by atoms with van der Waals surface area (Å²) in [4.78, 5) is 27.7. The SMILES string of the molecule is Cc1nc(C(C)(C)C)nc(N2CCN(c3ncnc4c3ncn4C)CC2)c1C. The highest BCUT2D eigenvalue weighted by Crippen LogP contribution is 2.28. The number of fused-ring (bicyclic) bond motifs is 1. The van der Waals surface area contributed by atoms with Gasteiger partial charge in [0.25, 0.3) is 0 Å². The Morgan fingerprint density at radius 3 is 2.14 bits per heavy atom. The molecule has 0 bridgehead atoms. The summed E-state index contributed by atoms with van der Waals surface area (Å²) >= 11 is 0. The average Bonchev–Trinajstić information content (AvgIpc) is 3.04. The number of imidazole rings is 1. The Hall–Kier alpha value is -2.77. The van der Waals surface area contributed by atoms with E-state index in [2.05, 4.69) is 59.4 Å². The predicted molar refractivity (Wildman–Crippen MR) is 111 cm³/mol. The smallest absolute Gasteiger partial charge is 0.165 e. The number of aryl methyl sites for hydroxylation is 2. The highest BCUT2D eigenvalue weighted by molar-refractivity contribution is 5.83. The molecule has 0 radical (unpaired) electrons. The van der Waals surface area contributed by atoms with Crippen molar-refractivity contribution in [3.63, 3.8) is 0 Å². The number of piperazine rings is 1. The topological polar surface area (TPSA) is 75.9 Å². The minimum Gasteiger partial charge on any atom is -0.353 e. The number of hydrogen-bond donors (Lipinski definition) is 0. The summed E-state index contributed by atoms with van der Waals surface area (Å²) in [5.41, 5.74) is 3.88. The molecule has 8 heteroatoms. The number of rotatable bonds is 2. The van der Waals surface area contributed by atoms with Crippen LogP contribution in [0.2, 0.25) is 0 Å². The summed E-state index contributed by atoms with van der Waals surface area (Å²) in [5.74, 6) is 2.87. The molecule has 1 saturated heterocycles. The highest BCUT2D eigenvalue weighted by Gasteiger charge is 2.26. The molecule has 1 fully saturated rings. The minimum absolute atomic E-state index is 0.0689. The van der Waals surface area contributed by atoms with Crippen molar-refractivity contribution in [2.75, 3.05) is 36.0 Å². The largest absolute Gasteiger partial charge is 0.353 e. The van der Waals surface area contributed by atoms with E-state index >= 15 is 0 Å². The van der Waals surface area contributed by atoms with Crippen LogP contribution >= 0.6 is 0 Å². The minimum atomic E-state index is -0.0689. The Bertz CT molecular complexity index is 1010. The van der Waals surface area contributed by atoms with Gasteiger partial charge in [0.05, 0.1) is 6.33 Å². The van der Waals surface area contributed by atoms with Crippen LogP contribution in [-0.4, -0.2) is 55.7 Å². The first-order valence-corrected chi connectivity index (χ1v) is 9.73. The molecule has 0 unspecified atom stereocenters. The Morgan fingerprint density at radius 1 is 0.857 bits per heavy atom. The van der Waals surface area contributed by atoms with E-state index in [1.807, 2.05) is 11.6 Å². The van der Waals surface area contributed by atoms with Crippen molar-refractivity contribution >= 4 is 22.8 Å². The molecule has 8 nitrogen and oxygen atoms in total. The second-order valence-electron chi connectivity index (χ2n) is 8.53. The molecule has 0 aromatic carbocycles. The molecule has 1 aliphatic rings. The Labute approximate surface area is 165 Å². The molecule has 3 aromatic rings. The number of anilines is 2. The maximum atomic E-state index is 4.93. The van der Waals surface area contributed by atoms with Crippen molar-refractivity contribution in [3.05, 3.63) is 29.7 Å². The van der Waals surface area contributed by atoms with E-state index < -0.39 is 0 Å². The van der Waals surface area contributed by atoms with Crippen LogP contribution in [0, 0.1) is 13.8 Å². The van der Waals surface area contributed by atoms with Crippen LogP contribution in [0.25, 0.3) is 11.2 Å². The van der Waals surface area contributed by atoms with Crippen LogP contribution in [0.15, 0.2) is 12.7 Å². The van der Waals surface area contributed by atoms with Gasteiger partial charge in [-0.2, -0.15) is 0 Å². The Morgan fingerprint density at radius 2 is 1.50 bits per heavy atom. The first-order chi connectivity index (χ1) is 13.3. The van der Waals surface area contributed by atoms with Crippen molar-refractivity contribution in [1.29, 1.82) is 0 Å². The lowest BCUT2D eigenvalue weighted by molar-refractivity contribution is 0.538. The molecule has 0 saturated carbocycles. The summed E-state index contributed by atoms with van der Waals surface area (Å²) in [5, 5.41) is 0. The van der Waals surface area contributed by atoms with Crippen LogP contribution in [0.5, 0.6) is 0 Å². The summed E-state index contributed by atoms with van der Waals surface area (Å²) in [7, 11) is 1.96. The molecular formula is C20H28N8. The van der Waals surface area contributed by atoms with E-state index in [-0.39, 0.29) is 5.41 Å². The van der Waals surface area contributed by atoms with Crippen LogP contribution in [-0.2, 0) is 12.5 Å². The number of nitrogens with zero attached hydrogens (tertiary/aromatic N) is 8. The summed E-state index contributed by atoms with van der Waals surface area (Å²) in [6, 6.07) is 0. The molecule has 0 atom stereocenters. The van der Waals surface area contributed by atoms with Gasteiger partial charge < -0.3 is 14.4 Å². The van der Waals surface area contributed by atoms with Crippen molar-refractivity contribution < 1.29 is 0 Å². The van der Waals surface area contributed by atoms with Crippen molar-refractivity contribution in [2.45, 2.75) is 40.0 Å². The van der Waals surface area contributed by atoms with E-state index in [1.54, 1.807) is 12.7 Å². The van der Waals surface area contributed by atoms with Gasteiger partial charge in [0.15, 0.2) is 17.0 Å². The van der Waals surface area contributed by atoms with Gasteiger partial charge in [-0.3, -0.25) is 0 Å². The van der Waals surface area contributed by atoms with Gasteiger partial charge in [-0.25, -0.2) is 24.9 Å². The zero-order chi connectivity index (χ0) is 20.1. The van der Waals surface area contributed by atoms with Crippen LogP contribution < -0.4 is 9.80 Å². The monoisotopic (exact) mass is 380 g/mol. The zero-order valence-corrected chi connectivity index (χ0v) is 17.6. The van der Waals surface area contributed by atoms with Gasteiger partial charge >= 0.3 is 0 Å². The quantitative estimate of drug-likeness (QED) is 0.676. The summed E-state index contributed by atoms with van der Waals surface area (Å²) in [6.45, 7) is 14.2. The third kappa shape index (κ3) is 3.16. The van der Waals surface area contributed by atoms with Gasteiger partial charge in [0, 0.05) is 49.9 Å². The zero-order valence-electron chi connectivity index (χ0n) is 17.6. The predicted octanol–water partition coefficient (Wildman–Crippen LogP) is 2.39. The van der Waals surface area contributed by atoms with Gasteiger partial charge in [-0.05, 0) is 13.8 Å². The number of hydrogen-bond acceptors (Lipinski definition) is 7. The summed E-state index contributed by atoms with van der Waals surface area (Å²) < 4.78 is 1.93. The molecule has 3 aromatic heterocycles. The first-order valence-electron chi connectivity index (χ1n) is 9.73. The molecule has 4 rings (SSSR count). The van der Waals surface area contributed by atoms with E-state index in [4.69, 9.17) is 9.97 Å². The van der Waals surface area contributed by atoms with Crippen molar-refractivity contribution in [1.82, 2.24) is 29.5 Å². The average molecular weight is 381 g/mol. The van der Waals surface area contributed by atoms with E-state index in [0.717, 1.165) is 66.1 Å². The molecular weight excluding hydrogens is 352 g/mol. The van der Waals surface area contributed by atoms with Gasteiger partial charge in [0.2, 0.25) is 0 Å². The second-order valence-corrected chi connectivity index (χ2v) is 8.53. The normalized spacial score (nSPS) is 15.5.